The summed E-state index contributed by atoms with van der Waals surface area (Å²) in [6.07, 6.45) is -0.937. The first-order valence-corrected chi connectivity index (χ1v) is 9.19. The monoisotopic (exact) mass is 383 g/mol. The van der Waals surface area contributed by atoms with E-state index in [2.05, 4.69) is 5.32 Å². The van der Waals surface area contributed by atoms with Crippen molar-refractivity contribution in [3.63, 3.8) is 0 Å². The fourth-order valence-electron chi connectivity index (χ4n) is 2.44. The van der Waals surface area contributed by atoms with Gasteiger partial charge in [-0.05, 0) is 55.3 Å². The summed E-state index contributed by atoms with van der Waals surface area (Å²) in [5.74, 6) is -1.28. The Hall–Kier alpha value is -2.99. The van der Waals surface area contributed by atoms with Gasteiger partial charge in [0.2, 0.25) is 0 Å². The highest BCUT2D eigenvalue weighted by atomic mass is 32.1. The van der Waals surface area contributed by atoms with Crippen molar-refractivity contribution in [3.8, 4) is 10.4 Å². The lowest BCUT2D eigenvalue weighted by atomic mass is 10.2. The van der Waals surface area contributed by atoms with Gasteiger partial charge in [-0.25, -0.2) is 9.18 Å². The first-order chi connectivity index (χ1) is 12.9. The van der Waals surface area contributed by atoms with Crippen LogP contribution in [0.1, 0.15) is 22.2 Å². The quantitative estimate of drug-likeness (QED) is 0.628. The number of nitrogens with one attached hydrogen (secondary N) is 1. The first kappa shape index (κ1) is 18.8. The molecule has 0 aliphatic heterocycles. The third kappa shape index (κ3) is 4.60. The van der Waals surface area contributed by atoms with Crippen molar-refractivity contribution in [2.75, 3.05) is 5.32 Å². The Labute approximate surface area is 160 Å². The zero-order valence-corrected chi connectivity index (χ0v) is 15.7. The van der Waals surface area contributed by atoms with Gasteiger partial charge in [-0.2, -0.15) is 0 Å². The second-order valence-corrected chi connectivity index (χ2v) is 7.11. The second kappa shape index (κ2) is 8.14. The van der Waals surface area contributed by atoms with Crippen LogP contribution in [0.5, 0.6) is 0 Å². The first-order valence-electron chi connectivity index (χ1n) is 8.37. The third-order valence-electron chi connectivity index (χ3n) is 3.99. The summed E-state index contributed by atoms with van der Waals surface area (Å²) in [5, 5.41) is 2.75. The largest absolute Gasteiger partial charge is 0.448 e. The summed E-state index contributed by atoms with van der Waals surface area (Å²) in [6.45, 7) is 3.41. The number of carbonyl (C=O) groups is 2. The molecule has 1 amide bonds. The van der Waals surface area contributed by atoms with E-state index in [1.54, 1.807) is 30.3 Å². The standard InChI is InChI=1S/C21H18FNO3S/c1-13-5-3-4-6-17(13)23-20(24)14(2)26-21(25)19-12-11-18(27-19)15-7-9-16(22)10-8-15/h3-12,14H,1-2H3,(H,23,24). The summed E-state index contributed by atoms with van der Waals surface area (Å²) in [5.41, 5.74) is 2.41. The molecule has 0 fully saturated rings. The topological polar surface area (TPSA) is 55.4 Å². The number of aryl methyl sites for hydroxylation is 1. The number of hydrogen-bond acceptors (Lipinski definition) is 4. The van der Waals surface area contributed by atoms with Gasteiger partial charge < -0.3 is 10.1 Å². The minimum absolute atomic E-state index is 0.316. The van der Waals surface area contributed by atoms with E-state index in [4.69, 9.17) is 4.74 Å². The molecule has 0 saturated carbocycles. The van der Waals surface area contributed by atoms with Crippen LogP contribution in [0, 0.1) is 12.7 Å². The van der Waals surface area contributed by atoms with Gasteiger partial charge in [0.25, 0.3) is 5.91 Å². The lowest BCUT2D eigenvalue weighted by molar-refractivity contribution is -0.123. The number of ether oxygens (including phenoxy) is 1. The molecular formula is C21H18FNO3S. The number of carbonyl (C=O) groups excluding carboxylic acids is 2. The normalized spacial score (nSPS) is 11.7. The van der Waals surface area contributed by atoms with E-state index in [-0.39, 0.29) is 5.82 Å². The van der Waals surface area contributed by atoms with Gasteiger partial charge in [0.15, 0.2) is 6.10 Å². The molecule has 1 heterocycles. The van der Waals surface area contributed by atoms with Gasteiger partial charge in [0, 0.05) is 10.6 Å². The number of rotatable bonds is 5. The molecule has 1 aromatic heterocycles. The Bertz CT molecular complexity index is 966. The Morgan fingerprint density at radius 1 is 1.04 bits per heavy atom. The van der Waals surface area contributed by atoms with Crippen molar-refractivity contribution in [1.82, 2.24) is 0 Å². The van der Waals surface area contributed by atoms with Crippen LogP contribution in [0.3, 0.4) is 0 Å². The summed E-state index contributed by atoms with van der Waals surface area (Å²) < 4.78 is 18.3. The minimum Gasteiger partial charge on any atom is -0.448 e. The van der Waals surface area contributed by atoms with Crippen molar-refractivity contribution in [1.29, 1.82) is 0 Å². The molecule has 6 heteroatoms. The molecule has 0 spiro atoms. The van der Waals surface area contributed by atoms with Crippen LogP contribution in [0.15, 0.2) is 60.7 Å². The maximum atomic E-state index is 13.0. The summed E-state index contributed by atoms with van der Waals surface area (Å²) in [6, 6.07) is 16.8. The van der Waals surface area contributed by atoms with Crippen LogP contribution in [0.4, 0.5) is 10.1 Å². The Morgan fingerprint density at radius 2 is 1.74 bits per heavy atom. The van der Waals surface area contributed by atoms with Gasteiger partial charge in [0.05, 0.1) is 0 Å². The van der Waals surface area contributed by atoms with Crippen molar-refractivity contribution in [3.05, 3.63) is 76.9 Å². The predicted octanol–water partition coefficient (Wildman–Crippen LogP) is 5.05. The van der Waals surface area contributed by atoms with Crippen LogP contribution in [-0.4, -0.2) is 18.0 Å². The van der Waals surface area contributed by atoms with E-state index in [0.717, 1.165) is 16.0 Å². The van der Waals surface area contributed by atoms with Gasteiger partial charge >= 0.3 is 5.97 Å². The minimum atomic E-state index is -0.937. The average Bonchev–Trinajstić information content (AvgIpc) is 3.14. The zero-order valence-electron chi connectivity index (χ0n) is 14.9. The molecule has 1 unspecified atom stereocenters. The molecule has 27 heavy (non-hydrogen) atoms. The van der Waals surface area contributed by atoms with E-state index in [0.29, 0.717) is 10.6 Å². The van der Waals surface area contributed by atoms with Crippen molar-refractivity contribution >= 4 is 28.9 Å². The molecule has 0 saturated heterocycles. The Balaban J connectivity index is 1.64. The molecule has 3 rings (SSSR count). The third-order valence-corrected chi connectivity index (χ3v) is 5.11. The van der Waals surface area contributed by atoms with Gasteiger partial charge in [-0.3, -0.25) is 4.79 Å². The maximum absolute atomic E-state index is 13.0. The highest BCUT2D eigenvalue weighted by Gasteiger charge is 2.21. The molecular weight excluding hydrogens is 365 g/mol. The van der Waals surface area contributed by atoms with E-state index < -0.39 is 18.0 Å². The van der Waals surface area contributed by atoms with Gasteiger partial charge in [-0.15, -0.1) is 11.3 Å². The van der Waals surface area contributed by atoms with Crippen molar-refractivity contribution in [2.24, 2.45) is 0 Å². The molecule has 1 atom stereocenters. The van der Waals surface area contributed by atoms with E-state index in [1.165, 1.54) is 30.4 Å². The molecule has 138 valence electrons. The fraction of sp³-hybridized carbons (Fsp3) is 0.143. The van der Waals surface area contributed by atoms with Crippen LogP contribution >= 0.6 is 11.3 Å². The summed E-state index contributed by atoms with van der Waals surface area (Å²) >= 11 is 1.23. The number of halogens is 1. The number of hydrogen-bond donors (Lipinski definition) is 1. The lowest BCUT2D eigenvalue weighted by Crippen LogP contribution is -2.30. The number of amides is 1. The Kier molecular flexibility index (Phi) is 5.66. The molecule has 0 bridgehead atoms. The molecule has 4 nitrogen and oxygen atoms in total. The molecule has 2 aromatic carbocycles. The average molecular weight is 383 g/mol. The lowest BCUT2D eigenvalue weighted by Gasteiger charge is -2.14. The SMILES string of the molecule is Cc1ccccc1NC(=O)C(C)OC(=O)c1ccc(-c2ccc(F)cc2)s1. The smallest absolute Gasteiger partial charge is 0.349 e. The molecule has 1 N–H and O–H groups in total. The van der Waals surface area contributed by atoms with Crippen LogP contribution in [-0.2, 0) is 9.53 Å². The second-order valence-electron chi connectivity index (χ2n) is 6.02. The number of esters is 1. The molecule has 0 aliphatic rings. The van der Waals surface area contributed by atoms with Crippen LogP contribution in [0.2, 0.25) is 0 Å². The van der Waals surface area contributed by atoms with E-state index in [1.807, 2.05) is 25.1 Å². The summed E-state index contributed by atoms with van der Waals surface area (Å²) in [4.78, 5) is 25.8. The molecule has 3 aromatic rings. The van der Waals surface area contributed by atoms with E-state index in [9.17, 15) is 14.0 Å². The molecule has 0 aliphatic carbocycles. The van der Waals surface area contributed by atoms with Crippen LogP contribution in [0.25, 0.3) is 10.4 Å². The fourth-order valence-corrected chi connectivity index (χ4v) is 3.33. The van der Waals surface area contributed by atoms with Gasteiger partial charge in [0.1, 0.15) is 10.7 Å². The highest BCUT2D eigenvalue weighted by Crippen LogP contribution is 2.29. The predicted molar refractivity (Wildman–Crippen MR) is 104 cm³/mol. The number of anilines is 1. The zero-order chi connectivity index (χ0) is 19.4. The van der Waals surface area contributed by atoms with E-state index >= 15 is 0 Å². The van der Waals surface area contributed by atoms with Gasteiger partial charge in [-0.1, -0.05) is 30.3 Å². The van der Waals surface area contributed by atoms with Crippen LogP contribution < -0.4 is 5.32 Å². The Morgan fingerprint density at radius 3 is 2.44 bits per heavy atom. The van der Waals surface area contributed by atoms with Crippen molar-refractivity contribution < 1.29 is 18.7 Å². The highest BCUT2D eigenvalue weighted by molar-refractivity contribution is 7.17. The number of para-hydroxylation sites is 1. The number of benzene rings is 2. The molecule has 0 radical (unpaired) electrons. The summed E-state index contributed by atoms with van der Waals surface area (Å²) in [7, 11) is 0. The number of thiophene rings is 1. The van der Waals surface area contributed by atoms with Crippen molar-refractivity contribution in [2.45, 2.75) is 20.0 Å². The maximum Gasteiger partial charge on any atom is 0.349 e.